The van der Waals surface area contributed by atoms with Crippen molar-refractivity contribution < 1.29 is 0 Å². The Kier molecular flexibility index (Phi) is 3.62. The average Bonchev–Trinajstić information content (AvgIpc) is 2.92. The molecule has 0 radical (unpaired) electrons. The van der Waals surface area contributed by atoms with Crippen LogP contribution in [0.5, 0.6) is 0 Å². The van der Waals surface area contributed by atoms with E-state index in [1.54, 1.807) is 24.5 Å². The maximum Gasteiger partial charge on any atom is 0.206 e. The molecular weight excluding hydrogens is 297 g/mol. The van der Waals surface area contributed by atoms with Gasteiger partial charge in [0.25, 0.3) is 0 Å². The normalized spacial score (nSPS) is 10.7. The van der Waals surface area contributed by atoms with Gasteiger partial charge in [-0.25, -0.2) is 0 Å². The van der Waals surface area contributed by atoms with Gasteiger partial charge in [-0.2, -0.15) is 4.80 Å². The molecule has 0 spiro atoms. The molecule has 0 bridgehead atoms. The SMILES string of the molecule is Clc1ccc(Cn2nnc(-c3cccnc3)n2)c(Cl)c1. The zero-order valence-electron chi connectivity index (χ0n) is 10.2. The summed E-state index contributed by atoms with van der Waals surface area (Å²) in [4.78, 5) is 5.51. The first kappa shape index (κ1) is 13.0. The van der Waals surface area contributed by atoms with Gasteiger partial charge in [0.05, 0.1) is 6.54 Å². The summed E-state index contributed by atoms with van der Waals surface area (Å²) in [6.07, 6.45) is 3.39. The number of aromatic nitrogens is 5. The molecule has 1 aromatic carbocycles. The minimum Gasteiger partial charge on any atom is -0.264 e. The van der Waals surface area contributed by atoms with E-state index < -0.39 is 0 Å². The van der Waals surface area contributed by atoms with Gasteiger partial charge < -0.3 is 0 Å². The standard InChI is InChI=1S/C13H9Cl2N5/c14-11-4-3-10(12(15)6-11)8-20-18-13(17-19-20)9-2-1-5-16-7-9/h1-7H,8H2. The fourth-order valence-electron chi connectivity index (χ4n) is 1.72. The summed E-state index contributed by atoms with van der Waals surface area (Å²) in [6.45, 7) is 0.434. The van der Waals surface area contributed by atoms with Gasteiger partial charge in [0.15, 0.2) is 0 Å². The molecule has 0 aliphatic heterocycles. The van der Waals surface area contributed by atoms with Gasteiger partial charge in [0.1, 0.15) is 0 Å². The van der Waals surface area contributed by atoms with Crippen molar-refractivity contribution in [3.05, 3.63) is 58.3 Å². The molecule has 0 unspecified atom stereocenters. The van der Waals surface area contributed by atoms with E-state index in [1.165, 1.54) is 4.80 Å². The minimum absolute atomic E-state index is 0.434. The number of rotatable bonds is 3. The predicted molar refractivity (Wildman–Crippen MR) is 76.6 cm³/mol. The monoisotopic (exact) mass is 305 g/mol. The first-order chi connectivity index (χ1) is 9.72. The largest absolute Gasteiger partial charge is 0.264 e. The summed E-state index contributed by atoms with van der Waals surface area (Å²) in [6, 6.07) is 9.02. The molecular formula is C13H9Cl2N5. The summed E-state index contributed by atoms with van der Waals surface area (Å²) in [7, 11) is 0. The van der Waals surface area contributed by atoms with E-state index in [1.807, 2.05) is 18.2 Å². The van der Waals surface area contributed by atoms with Crippen LogP contribution in [-0.2, 0) is 6.54 Å². The Morgan fingerprint density at radius 2 is 2.05 bits per heavy atom. The summed E-state index contributed by atoms with van der Waals surface area (Å²) in [5, 5.41) is 13.5. The van der Waals surface area contributed by atoms with Crippen LogP contribution >= 0.6 is 23.2 Å². The number of halogens is 2. The molecule has 3 aromatic rings. The second-order valence-corrected chi connectivity index (χ2v) is 4.96. The van der Waals surface area contributed by atoms with E-state index in [-0.39, 0.29) is 0 Å². The third-order valence-electron chi connectivity index (χ3n) is 2.70. The van der Waals surface area contributed by atoms with Gasteiger partial charge in [0, 0.05) is 28.0 Å². The number of tetrazole rings is 1. The highest BCUT2D eigenvalue weighted by Crippen LogP contribution is 2.21. The summed E-state index contributed by atoms with van der Waals surface area (Å²) < 4.78 is 0. The smallest absolute Gasteiger partial charge is 0.206 e. The van der Waals surface area contributed by atoms with Crippen molar-refractivity contribution in [3.8, 4) is 11.4 Å². The first-order valence-corrected chi connectivity index (χ1v) is 6.60. The lowest BCUT2D eigenvalue weighted by Crippen LogP contribution is -2.04. The molecule has 20 heavy (non-hydrogen) atoms. The Morgan fingerprint density at radius 3 is 2.80 bits per heavy atom. The van der Waals surface area contributed by atoms with Crippen molar-refractivity contribution >= 4 is 23.2 Å². The molecule has 2 aromatic heterocycles. The molecule has 0 fully saturated rings. The number of hydrogen-bond acceptors (Lipinski definition) is 4. The summed E-state index contributed by atoms with van der Waals surface area (Å²) >= 11 is 12.0. The molecule has 0 saturated carbocycles. The van der Waals surface area contributed by atoms with Gasteiger partial charge in [-0.05, 0) is 35.0 Å². The molecule has 0 saturated heterocycles. The number of pyridine rings is 1. The molecule has 2 heterocycles. The van der Waals surface area contributed by atoms with Crippen LogP contribution in [0.3, 0.4) is 0 Å². The van der Waals surface area contributed by atoms with Crippen LogP contribution in [-0.4, -0.2) is 25.2 Å². The highest BCUT2D eigenvalue weighted by molar-refractivity contribution is 6.35. The predicted octanol–water partition coefficient (Wildman–Crippen LogP) is 3.09. The van der Waals surface area contributed by atoms with E-state index >= 15 is 0 Å². The third kappa shape index (κ3) is 2.79. The number of benzene rings is 1. The fourth-order valence-corrected chi connectivity index (χ4v) is 2.19. The zero-order valence-corrected chi connectivity index (χ0v) is 11.8. The second kappa shape index (κ2) is 5.56. The molecule has 0 aliphatic carbocycles. The Morgan fingerprint density at radius 1 is 1.15 bits per heavy atom. The molecule has 0 N–H and O–H groups in total. The maximum absolute atomic E-state index is 6.12. The first-order valence-electron chi connectivity index (χ1n) is 5.84. The van der Waals surface area contributed by atoms with Crippen LogP contribution < -0.4 is 0 Å². The lowest BCUT2D eigenvalue weighted by Gasteiger charge is -2.02. The third-order valence-corrected chi connectivity index (χ3v) is 3.29. The van der Waals surface area contributed by atoms with Crippen molar-refractivity contribution in [1.29, 1.82) is 0 Å². The van der Waals surface area contributed by atoms with Crippen molar-refractivity contribution in [3.63, 3.8) is 0 Å². The molecule has 0 atom stereocenters. The quantitative estimate of drug-likeness (QED) is 0.746. The number of nitrogens with zero attached hydrogens (tertiary/aromatic N) is 5. The van der Waals surface area contributed by atoms with E-state index in [0.717, 1.165) is 11.1 Å². The molecule has 3 rings (SSSR count). The lowest BCUT2D eigenvalue weighted by atomic mass is 10.2. The van der Waals surface area contributed by atoms with Crippen LogP contribution in [0, 0.1) is 0 Å². The Bertz CT molecular complexity index is 727. The Balaban J connectivity index is 1.84. The van der Waals surface area contributed by atoms with E-state index in [2.05, 4.69) is 20.4 Å². The van der Waals surface area contributed by atoms with Gasteiger partial charge in [0.2, 0.25) is 5.82 Å². The highest BCUT2D eigenvalue weighted by Gasteiger charge is 2.08. The van der Waals surface area contributed by atoms with E-state index in [4.69, 9.17) is 23.2 Å². The van der Waals surface area contributed by atoms with Gasteiger partial charge in [-0.1, -0.05) is 29.3 Å². The van der Waals surface area contributed by atoms with Crippen LogP contribution in [0.25, 0.3) is 11.4 Å². The molecule has 0 amide bonds. The number of hydrogen-bond donors (Lipinski definition) is 0. The van der Waals surface area contributed by atoms with Gasteiger partial charge in [-0.15, -0.1) is 10.2 Å². The van der Waals surface area contributed by atoms with Gasteiger partial charge in [-0.3, -0.25) is 4.98 Å². The fraction of sp³-hybridized carbons (Fsp3) is 0.0769. The zero-order chi connectivity index (χ0) is 13.9. The average molecular weight is 306 g/mol. The van der Waals surface area contributed by atoms with E-state index in [0.29, 0.717) is 22.4 Å². The molecule has 5 nitrogen and oxygen atoms in total. The topological polar surface area (TPSA) is 56.5 Å². The summed E-state index contributed by atoms with van der Waals surface area (Å²) in [5.41, 5.74) is 1.70. The Labute approximate surface area is 125 Å². The van der Waals surface area contributed by atoms with Crippen LogP contribution in [0.2, 0.25) is 10.0 Å². The molecule has 0 aliphatic rings. The van der Waals surface area contributed by atoms with Crippen LogP contribution in [0.15, 0.2) is 42.7 Å². The minimum atomic E-state index is 0.434. The molecule has 7 heteroatoms. The summed E-state index contributed by atoms with van der Waals surface area (Å²) in [5.74, 6) is 0.531. The maximum atomic E-state index is 6.12. The highest BCUT2D eigenvalue weighted by atomic mass is 35.5. The Hall–Kier alpha value is -1.98. The van der Waals surface area contributed by atoms with E-state index in [9.17, 15) is 0 Å². The van der Waals surface area contributed by atoms with Gasteiger partial charge >= 0.3 is 0 Å². The van der Waals surface area contributed by atoms with Crippen molar-refractivity contribution in [2.75, 3.05) is 0 Å². The lowest BCUT2D eigenvalue weighted by molar-refractivity contribution is 0.573. The van der Waals surface area contributed by atoms with Crippen LogP contribution in [0.1, 0.15) is 5.56 Å². The second-order valence-electron chi connectivity index (χ2n) is 4.12. The van der Waals surface area contributed by atoms with Crippen molar-refractivity contribution in [2.24, 2.45) is 0 Å². The van der Waals surface area contributed by atoms with Crippen molar-refractivity contribution in [2.45, 2.75) is 6.54 Å². The van der Waals surface area contributed by atoms with Crippen LogP contribution in [0.4, 0.5) is 0 Å². The molecule has 100 valence electrons. The van der Waals surface area contributed by atoms with Crippen molar-refractivity contribution in [1.82, 2.24) is 25.2 Å².